The molecule has 0 aliphatic carbocycles. The van der Waals surface area contributed by atoms with Crippen LogP contribution in [0.15, 0.2) is 42.6 Å². The highest BCUT2D eigenvalue weighted by atomic mass is 19.2. The zero-order valence-electron chi connectivity index (χ0n) is 25.4. The summed E-state index contributed by atoms with van der Waals surface area (Å²) in [6.07, 6.45) is 4.27. The minimum Gasteiger partial charge on any atom is -0.478 e. The molecular formula is C33H38F2N4O5. The van der Waals surface area contributed by atoms with Crippen LogP contribution < -0.4 is 10.1 Å². The van der Waals surface area contributed by atoms with Crippen LogP contribution in [0.2, 0.25) is 0 Å². The molecule has 3 heterocycles. The molecule has 3 N–H and O–H groups in total. The lowest BCUT2D eigenvalue weighted by Gasteiger charge is -2.42. The summed E-state index contributed by atoms with van der Waals surface area (Å²) in [5.41, 5.74) is 0.471. The topological polar surface area (TPSA) is 115 Å². The minimum atomic E-state index is -1.27. The summed E-state index contributed by atoms with van der Waals surface area (Å²) >= 11 is 0. The molecule has 9 nitrogen and oxygen atoms in total. The number of halogens is 2. The second kappa shape index (κ2) is 12.4. The van der Waals surface area contributed by atoms with Gasteiger partial charge in [-0.3, -0.25) is 4.79 Å². The summed E-state index contributed by atoms with van der Waals surface area (Å²) in [5, 5.41) is 13.8. The highest BCUT2D eigenvalue weighted by molar-refractivity contribution is 6.17. The number of fused-ring (bicyclic) bond motifs is 3. The van der Waals surface area contributed by atoms with E-state index in [-0.39, 0.29) is 17.1 Å². The first kappa shape index (κ1) is 31.2. The average molecular weight is 609 g/mol. The Labute approximate surface area is 254 Å². The van der Waals surface area contributed by atoms with Crippen LogP contribution in [-0.4, -0.2) is 70.1 Å². The number of nitrogens with zero attached hydrogens (tertiary/aromatic N) is 2. The van der Waals surface area contributed by atoms with Crippen molar-refractivity contribution < 1.29 is 33.0 Å². The molecule has 2 aromatic carbocycles. The van der Waals surface area contributed by atoms with Gasteiger partial charge in [-0.2, -0.15) is 0 Å². The molecule has 11 heteroatoms. The van der Waals surface area contributed by atoms with Gasteiger partial charge in [0, 0.05) is 53.3 Å². The van der Waals surface area contributed by atoms with Crippen LogP contribution in [0.25, 0.3) is 16.5 Å². The standard InChI is InChI=1S/C33H38F2N4O5/c1-19(2)29-33(3,4)27-22-10-9-21(44-32(43)36-12-15-38-13-6-5-7-14-38)17-26(22)37-28(27)23(31(41)42)18-39(29)30(40)20-8-11-24(34)25(35)16-20/h8-11,16-19,29,37H,5-7,12-15H2,1-4H3,(H,36,43)(H,41,42). The number of hydrogen-bond donors (Lipinski definition) is 3. The summed E-state index contributed by atoms with van der Waals surface area (Å²) in [4.78, 5) is 45.8. The Bertz CT molecular complexity index is 1620. The van der Waals surface area contributed by atoms with E-state index in [1.807, 2.05) is 27.7 Å². The van der Waals surface area contributed by atoms with Crippen LogP contribution in [-0.2, 0) is 10.2 Å². The maximum Gasteiger partial charge on any atom is 0.412 e. The number of carbonyl (C=O) groups excluding carboxylic acids is 2. The molecule has 1 aromatic heterocycles. The van der Waals surface area contributed by atoms with E-state index in [9.17, 15) is 28.3 Å². The van der Waals surface area contributed by atoms with E-state index in [2.05, 4.69) is 15.2 Å². The molecule has 0 bridgehead atoms. The number of aliphatic carboxylic acids is 1. The number of carboxylic acids is 1. The fraction of sp³-hybridized carbons (Fsp3) is 0.424. The number of rotatable bonds is 7. The van der Waals surface area contributed by atoms with E-state index in [4.69, 9.17) is 4.74 Å². The third-order valence-electron chi connectivity index (χ3n) is 8.61. The van der Waals surface area contributed by atoms with Gasteiger partial charge in [-0.05, 0) is 67.7 Å². The van der Waals surface area contributed by atoms with Gasteiger partial charge < -0.3 is 29.9 Å². The predicted molar refractivity (Wildman–Crippen MR) is 162 cm³/mol. The first-order chi connectivity index (χ1) is 20.9. The molecule has 2 amide bonds. The molecule has 0 radical (unpaired) electrons. The van der Waals surface area contributed by atoms with Gasteiger partial charge in [0.15, 0.2) is 11.6 Å². The summed E-state index contributed by atoms with van der Waals surface area (Å²) in [6.45, 7) is 11.0. The van der Waals surface area contributed by atoms with Crippen molar-refractivity contribution in [3.63, 3.8) is 0 Å². The number of hydrogen-bond acceptors (Lipinski definition) is 5. The number of likely N-dealkylation sites (tertiary alicyclic amines) is 1. The second-order valence-corrected chi connectivity index (χ2v) is 12.4. The van der Waals surface area contributed by atoms with Gasteiger partial charge in [-0.15, -0.1) is 0 Å². The fourth-order valence-electron chi connectivity index (χ4n) is 6.81. The number of carbonyl (C=O) groups is 3. The summed E-state index contributed by atoms with van der Waals surface area (Å²) in [5.74, 6) is -4.05. The molecule has 5 rings (SSSR count). The average Bonchev–Trinajstić information content (AvgIpc) is 3.31. The summed E-state index contributed by atoms with van der Waals surface area (Å²) < 4.78 is 33.3. The largest absolute Gasteiger partial charge is 0.478 e. The van der Waals surface area contributed by atoms with Crippen molar-refractivity contribution in [1.29, 1.82) is 0 Å². The molecule has 1 atom stereocenters. The molecule has 234 valence electrons. The maximum atomic E-state index is 14.1. The monoisotopic (exact) mass is 608 g/mol. The Morgan fingerprint density at radius 2 is 1.80 bits per heavy atom. The molecule has 1 unspecified atom stereocenters. The van der Waals surface area contributed by atoms with E-state index >= 15 is 0 Å². The van der Waals surface area contributed by atoms with Gasteiger partial charge in [-0.25, -0.2) is 18.4 Å². The minimum absolute atomic E-state index is 0.0993. The lowest BCUT2D eigenvalue weighted by Crippen LogP contribution is -2.50. The predicted octanol–water partition coefficient (Wildman–Crippen LogP) is 5.90. The molecule has 3 aromatic rings. The van der Waals surface area contributed by atoms with Gasteiger partial charge >= 0.3 is 12.1 Å². The van der Waals surface area contributed by atoms with Crippen LogP contribution in [0, 0.1) is 17.6 Å². The Balaban J connectivity index is 1.48. The number of benzene rings is 2. The Morgan fingerprint density at radius 1 is 1.07 bits per heavy atom. The number of ether oxygens (including phenoxy) is 1. The molecule has 1 fully saturated rings. The van der Waals surface area contributed by atoms with E-state index in [1.165, 1.54) is 36.4 Å². The van der Waals surface area contributed by atoms with Crippen LogP contribution in [0.1, 0.15) is 68.6 Å². The van der Waals surface area contributed by atoms with Crippen LogP contribution in [0.5, 0.6) is 5.75 Å². The van der Waals surface area contributed by atoms with Gasteiger partial charge in [-0.1, -0.05) is 34.1 Å². The molecule has 2 aliphatic heterocycles. The van der Waals surface area contributed by atoms with Gasteiger partial charge in [0.25, 0.3) is 5.91 Å². The van der Waals surface area contributed by atoms with Gasteiger partial charge in [0.2, 0.25) is 0 Å². The molecule has 2 aliphatic rings. The van der Waals surface area contributed by atoms with Crippen molar-refractivity contribution in [2.75, 3.05) is 26.2 Å². The van der Waals surface area contributed by atoms with Crippen molar-refractivity contribution in [2.24, 2.45) is 5.92 Å². The number of aromatic amines is 1. The highest BCUT2D eigenvalue weighted by Crippen LogP contribution is 2.46. The van der Waals surface area contributed by atoms with Gasteiger partial charge in [0.1, 0.15) is 5.75 Å². The molecule has 1 saturated heterocycles. The zero-order valence-corrected chi connectivity index (χ0v) is 25.4. The van der Waals surface area contributed by atoms with Crippen LogP contribution in [0.4, 0.5) is 13.6 Å². The second-order valence-electron chi connectivity index (χ2n) is 12.4. The Kier molecular flexibility index (Phi) is 8.78. The quantitative estimate of drug-likeness (QED) is 0.308. The molecule has 44 heavy (non-hydrogen) atoms. The van der Waals surface area contributed by atoms with Crippen LogP contribution >= 0.6 is 0 Å². The first-order valence-corrected chi connectivity index (χ1v) is 15.0. The smallest absolute Gasteiger partial charge is 0.412 e. The number of amides is 2. The lowest BCUT2D eigenvalue weighted by molar-refractivity contribution is -0.130. The SMILES string of the molecule is CC(C)C1N(C(=O)c2ccc(F)c(F)c2)C=C(C(=O)O)c2[nH]c3cc(OC(=O)NCCN4CCCCC4)ccc3c2C1(C)C. The Hall–Kier alpha value is -4.25. The summed E-state index contributed by atoms with van der Waals surface area (Å²) in [6, 6.07) is 7.39. The number of aromatic nitrogens is 1. The van der Waals surface area contributed by atoms with Crippen molar-refractivity contribution >= 4 is 34.4 Å². The molecule has 0 spiro atoms. The third-order valence-corrected chi connectivity index (χ3v) is 8.61. The van der Waals surface area contributed by atoms with E-state index < -0.39 is 41.1 Å². The van der Waals surface area contributed by atoms with Crippen molar-refractivity contribution in [3.05, 3.63) is 71.1 Å². The molecular weight excluding hydrogens is 570 g/mol. The normalized spacial score (nSPS) is 18.5. The van der Waals surface area contributed by atoms with E-state index in [1.54, 1.807) is 18.2 Å². The highest BCUT2D eigenvalue weighted by Gasteiger charge is 2.46. The fourth-order valence-corrected chi connectivity index (χ4v) is 6.81. The zero-order chi connectivity index (χ0) is 31.8. The molecule has 0 saturated carbocycles. The Morgan fingerprint density at radius 3 is 2.45 bits per heavy atom. The number of H-pyrrole nitrogens is 1. The lowest BCUT2D eigenvalue weighted by atomic mass is 9.71. The summed E-state index contributed by atoms with van der Waals surface area (Å²) in [7, 11) is 0. The van der Waals surface area contributed by atoms with Gasteiger partial charge in [0.05, 0.1) is 11.3 Å². The van der Waals surface area contributed by atoms with E-state index in [0.717, 1.165) is 31.8 Å². The number of nitrogens with one attached hydrogen (secondary N) is 2. The van der Waals surface area contributed by atoms with Crippen LogP contribution in [0.3, 0.4) is 0 Å². The maximum absolute atomic E-state index is 14.1. The third kappa shape index (κ3) is 6.06. The van der Waals surface area contributed by atoms with Crippen molar-refractivity contribution in [3.8, 4) is 5.75 Å². The van der Waals surface area contributed by atoms with Crippen molar-refractivity contribution in [1.82, 2.24) is 20.1 Å². The first-order valence-electron chi connectivity index (χ1n) is 15.0. The number of piperidine rings is 1. The van der Waals surface area contributed by atoms with E-state index in [0.29, 0.717) is 34.5 Å². The van der Waals surface area contributed by atoms with Crippen molar-refractivity contribution in [2.45, 2.75) is 58.4 Å². The number of carboxylic acid groups (broad SMARTS) is 1.